The van der Waals surface area contributed by atoms with Gasteiger partial charge >= 0.3 is 0 Å². The van der Waals surface area contributed by atoms with E-state index in [1.807, 2.05) is 19.1 Å². The van der Waals surface area contributed by atoms with Crippen LogP contribution in [0.3, 0.4) is 0 Å². The van der Waals surface area contributed by atoms with E-state index in [4.69, 9.17) is 0 Å². The fourth-order valence-electron chi connectivity index (χ4n) is 2.16. The van der Waals surface area contributed by atoms with Crippen LogP contribution in [-0.4, -0.2) is 0 Å². The molecule has 0 nitrogen and oxygen atoms in total. The average molecular weight is 220 g/mol. The van der Waals surface area contributed by atoms with Gasteiger partial charge in [0.05, 0.1) is 0 Å². The van der Waals surface area contributed by atoms with Gasteiger partial charge in [-0.1, -0.05) is 61.7 Å². The van der Waals surface area contributed by atoms with Gasteiger partial charge in [-0.05, 0) is 40.5 Å². The number of rotatable bonds is 3. The van der Waals surface area contributed by atoms with E-state index >= 15 is 0 Å². The fraction of sp³-hybridized carbons (Fsp3) is 0.0588. The Morgan fingerprint density at radius 1 is 1.00 bits per heavy atom. The maximum Gasteiger partial charge on any atom is -0.0103 e. The summed E-state index contributed by atoms with van der Waals surface area (Å²) in [6, 6.07) is 10.6. The molecule has 17 heavy (non-hydrogen) atoms. The first kappa shape index (κ1) is 11.4. The van der Waals surface area contributed by atoms with Crippen molar-refractivity contribution in [2.75, 3.05) is 0 Å². The molecule has 0 aromatic heterocycles. The SMILES string of the molecule is C=Cc1cc2ccccc2c(/C=C\C)c1C=C. The second kappa shape index (κ2) is 4.84. The molecular formula is C17H16. The van der Waals surface area contributed by atoms with Crippen molar-refractivity contribution < 1.29 is 0 Å². The van der Waals surface area contributed by atoms with Crippen LogP contribution < -0.4 is 0 Å². The third-order valence-electron chi connectivity index (χ3n) is 2.92. The molecule has 0 spiro atoms. The van der Waals surface area contributed by atoms with Gasteiger partial charge in [-0.25, -0.2) is 0 Å². The molecule has 0 N–H and O–H groups in total. The Morgan fingerprint density at radius 3 is 2.41 bits per heavy atom. The van der Waals surface area contributed by atoms with Crippen molar-refractivity contribution in [1.29, 1.82) is 0 Å². The summed E-state index contributed by atoms with van der Waals surface area (Å²) in [7, 11) is 0. The van der Waals surface area contributed by atoms with Gasteiger partial charge in [0.1, 0.15) is 0 Å². The Bertz CT molecular complexity index is 601. The monoisotopic (exact) mass is 220 g/mol. The second-order valence-corrected chi connectivity index (χ2v) is 3.92. The van der Waals surface area contributed by atoms with Crippen LogP contribution in [0.5, 0.6) is 0 Å². The molecule has 0 saturated carbocycles. The topological polar surface area (TPSA) is 0 Å². The highest BCUT2D eigenvalue weighted by Crippen LogP contribution is 2.28. The van der Waals surface area contributed by atoms with Gasteiger partial charge in [-0.3, -0.25) is 0 Å². The van der Waals surface area contributed by atoms with Crippen LogP contribution in [0.25, 0.3) is 29.0 Å². The predicted molar refractivity (Wildman–Crippen MR) is 78.8 cm³/mol. The second-order valence-electron chi connectivity index (χ2n) is 3.92. The van der Waals surface area contributed by atoms with Gasteiger partial charge in [-0.15, -0.1) is 0 Å². The predicted octanol–water partition coefficient (Wildman–Crippen LogP) is 5.16. The van der Waals surface area contributed by atoms with Gasteiger partial charge in [0, 0.05) is 0 Å². The molecule has 0 fully saturated rings. The summed E-state index contributed by atoms with van der Waals surface area (Å²) in [6.07, 6.45) is 7.98. The van der Waals surface area contributed by atoms with Gasteiger partial charge in [-0.2, -0.15) is 0 Å². The van der Waals surface area contributed by atoms with Crippen LogP contribution >= 0.6 is 0 Å². The van der Waals surface area contributed by atoms with Gasteiger partial charge in [0.25, 0.3) is 0 Å². The molecule has 0 aliphatic heterocycles. The molecule has 0 radical (unpaired) electrons. The summed E-state index contributed by atoms with van der Waals surface area (Å²) in [5.41, 5.74) is 3.50. The van der Waals surface area contributed by atoms with Gasteiger partial charge < -0.3 is 0 Å². The minimum Gasteiger partial charge on any atom is -0.0984 e. The zero-order valence-corrected chi connectivity index (χ0v) is 10.1. The van der Waals surface area contributed by atoms with E-state index in [1.165, 1.54) is 16.3 Å². The van der Waals surface area contributed by atoms with Crippen molar-refractivity contribution in [3.8, 4) is 0 Å². The Balaban J connectivity index is 2.95. The normalized spacial score (nSPS) is 10.9. The smallest absolute Gasteiger partial charge is 0.0103 e. The largest absolute Gasteiger partial charge is 0.0984 e. The molecule has 2 rings (SSSR count). The Labute approximate surface area is 103 Å². The highest BCUT2D eigenvalue weighted by Gasteiger charge is 2.06. The molecule has 0 unspecified atom stereocenters. The summed E-state index contributed by atoms with van der Waals surface area (Å²) in [4.78, 5) is 0. The van der Waals surface area contributed by atoms with E-state index in [0.29, 0.717) is 0 Å². The quantitative estimate of drug-likeness (QED) is 0.670. The molecule has 0 saturated heterocycles. The first-order valence-corrected chi connectivity index (χ1v) is 5.75. The Hall–Kier alpha value is -2.08. The van der Waals surface area contributed by atoms with E-state index in [9.17, 15) is 0 Å². The minimum absolute atomic E-state index is 1.13. The lowest BCUT2D eigenvalue weighted by atomic mass is 9.93. The van der Waals surface area contributed by atoms with Crippen LogP contribution in [0.15, 0.2) is 49.6 Å². The third-order valence-corrected chi connectivity index (χ3v) is 2.92. The molecule has 0 atom stereocenters. The molecule has 0 amide bonds. The van der Waals surface area contributed by atoms with Crippen LogP contribution in [0.4, 0.5) is 0 Å². The van der Waals surface area contributed by atoms with Crippen molar-refractivity contribution in [3.05, 3.63) is 66.3 Å². The molecule has 0 heteroatoms. The van der Waals surface area contributed by atoms with Gasteiger partial charge in [0.15, 0.2) is 0 Å². The van der Waals surface area contributed by atoms with E-state index in [0.717, 1.165) is 11.1 Å². The number of hydrogen-bond acceptors (Lipinski definition) is 0. The van der Waals surface area contributed by atoms with Crippen LogP contribution in [0, 0.1) is 0 Å². The first-order chi connectivity index (χ1) is 8.31. The molecular weight excluding hydrogens is 204 g/mol. The van der Waals surface area contributed by atoms with E-state index in [-0.39, 0.29) is 0 Å². The molecule has 0 heterocycles. The molecule has 2 aromatic carbocycles. The summed E-state index contributed by atoms with van der Waals surface area (Å²) in [5.74, 6) is 0. The Morgan fingerprint density at radius 2 is 1.76 bits per heavy atom. The first-order valence-electron chi connectivity index (χ1n) is 5.75. The summed E-state index contributed by atoms with van der Waals surface area (Å²) in [5, 5.41) is 2.49. The van der Waals surface area contributed by atoms with Crippen LogP contribution in [-0.2, 0) is 0 Å². The van der Waals surface area contributed by atoms with Crippen molar-refractivity contribution in [1.82, 2.24) is 0 Å². The fourth-order valence-corrected chi connectivity index (χ4v) is 2.16. The zero-order valence-electron chi connectivity index (χ0n) is 10.1. The minimum atomic E-state index is 1.13. The third kappa shape index (κ3) is 1.94. The highest BCUT2D eigenvalue weighted by molar-refractivity contribution is 5.96. The number of allylic oxidation sites excluding steroid dienone is 1. The molecule has 0 aliphatic rings. The van der Waals surface area contributed by atoms with E-state index in [1.54, 1.807) is 0 Å². The number of fused-ring (bicyclic) bond motifs is 1. The van der Waals surface area contributed by atoms with Crippen molar-refractivity contribution in [3.63, 3.8) is 0 Å². The lowest BCUT2D eigenvalue weighted by Gasteiger charge is -2.10. The summed E-state index contributed by atoms with van der Waals surface area (Å²) >= 11 is 0. The van der Waals surface area contributed by atoms with Crippen LogP contribution in [0.2, 0.25) is 0 Å². The van der Waals surface area contributed by atoms with Crippen molar-refractivity contribution in [2.24, 2.45) is 0 Å². The zero-order chi connectivity index (χ0) is 12.3. The van der Waals surface area contributed by atoms with Crippen molar-refractivity contribution in [2.45, 2.75) is 6.92 Å². The highest BCUT2D eigenvalue weighted by atomic mass is 14.1. The molecule has 84 valence electrons. The number of benzene rings is 2. The lowest BCUT2D eigenvalue weighted by Crippen LogP contribution is -1.89. The lowest BCUT2D eigenvalue weighted by molar-refractivity contribution is 1.62. The van der Waals surface area contributed by atoms with Crippen molar-refractivity contribution >= 4 is 29.0 Å². The molecule has 0 aliphatic carbocycles. The van der Waals surface area contributed by atoms with E-state index < -0.39 is 0 Å². The van der Waals surface area contributed by atoms with Gasteiger partial charge in [0.2, 0.25) is 0 Å². The summed E-state index contributed by atoms with van der Waals surface area (Å²) < 4.78 is 0. The van der Waals surface area contributed by atoms with E-state index in [2.05, 4.69) is 55.6 Å². The standard InChI is InChI=1S/C17H16/c1-4-9-17-15(6-3)13(5-2)12-14-10-7-8-11-16(14)17/h4-12H,2-3H2,1H3/b9-4-. The maximum atomic E-state index is 3.91. The van der Waals surface area contributed by atoms with Crippen LogP contribution in [0.1, 0.15) is 23.6 Å². The Kier molecular flexibility index (Phi) is 3.24. The molecule has 2 aromatic rings. The average Bonchev–Trinajstić information content (AvgIpc) is 2.38. The number of hydrogen-bond donors (Lipinski definition) is 0. The summed E-state index contributed by atoms with van der Waals surface area (Å²) in [6.45, 7) is 9.81. The molecule has 0 bridgehead atoms. The maximum absolute atomic E-state index is 3.91.